The monoisotopic (exact) mass is 295 g/mol. The highest BCUT2D eigenvalue weighted by Crippen LogP contribution is 2.33. The molecule has 2 amide bonds. The van der Waals surface area contributed by atoms with Crippen molar-refractivity contribution in [2.24, 2.45) is 0 Å². The summed E-state index contributed by atoms with van der Waals surface area (Å²) in [5.41, 5.74) is -1.34. The van der Waals surface area contributed by atoms with Crippen LogP contribution in [-0.2, 0) is 15.1 Å². The van der Waals surface area contributed by atoms with Crippen LogP contribution in [0.4, 0.5) is 0 Å². The third kappa shape index (κ3) is 2.44. The van der Waals surface area contributed by atoms with Crippen LogP contribution in [0.3, 0.4) is 0 Å². The lowest BCUT2D eigenvalue weighted by Gasteiger charge is -2.40. The van der Waals surface area contributed by atoms with Gasteiger partial charge >= 0.3 is 0 Å². The molecule has 1 N–H and O–H groups in total. The number of aromatic nitrogens is 1. The van der Waals surface area contributed by atoms with Crippen molar-refractivity contribution >= 4 is 23.2 Å². The minimum Gasteiger partial charge on any atom is -0.342 e. The van der Waals surface area contributed by atoms with Crippen molar-refractivity contribution < 1.29 is 9.59 Å². The average Bonchev–Trinajstić information content (AvgIpc) is 2.89. The Hall–Kier alpha value is -1.43. The summed E-state index contributed by atoms with van der Waals surface area (Å²) in [6, 6.07) is 0. The smallest absolute Gasteiger partial charge is 0.248 e. The maximum Gasteiger partial charge on any atom is 0.248 e. The van der Waals surface area contributed by atoms with Gasteiger partial charge in [-0.05, 0) is 27.2 Å². The summed E-state index contributed by atoms with van der Waals surface area (Å²) in [4.78, 5) is 30.9. The first-order valence-electron chi connectivity index (χ1n) is 6.84. The van der Waals surface area contributed by atoms with Gasteiger partial charge in [-0.1, -0.05) is 6.92 Å². The molecule has 6 heteroatoms. The first-order chi connectivity index (χ1) is 9.31. The third-order valence-electron chi connectivity index (χ3n) is 4.03. The summed E-state index contributed by atoms with van der Waals surface area (Å²) >= 11 is 1.53. The molecule has 1 aliphatic heterocycles. The van der Waals surface area contributed by atoms with E-state index in [4.69, 9.17) is 0 Å². The number of thiazole rings is 1. The predicted octanol–water partition coefficient (Wildman–Crippen LogP) is 1.90. The standard InChI is InChI=1S/C14H21N3O2S/c1-5-14(4)12(19)17(8-6-10(18)16-14)13(2,3)11-15-7-9-20-11/h7,9H,5-6,8H2,1-4H3,(H,16,18). The van der Waals surface area contributed by atoms with Gasteiger partial charge in [0, 0.05) is 24.5 Å². The minimum atomic E-state index is -0.831. The van der Waals surface area contributed by atoms with Gasteiger partial charge in [0.15, 0.2) is 0 Å². The first-order valence-corrected chi connectivity index (χ1v) is 7.72. The summed E-state index contributed by atoms with van der Waals surface area (Å²) in [5, 5.41) is 5.65. The van der Waals surface area contributed by atoms with Crippen LogP contribution in [0.5, 0.6) is 0 Å². The van der Waals surface area contributed by atoms with Crippen molar-refractivity contribution in [2.75, 3.05) is 6.54 Å². The Morgan fingerprint density at radius 1 is 1.50 bits per heavy atom. The molecule has 20 heavy (non-hydrogen) atoms. The van der Waals surface area contributed by atoms with Crippen molar-refractivity contribution in [3.8, 4) is 0 Å². The lowest BCUT2D eigenvalue weighted by Crippen LogP contribution is -2.58. The second kappa shape index (κ2) is 5.16. The van der Waals surface area contributed by atoms with E-state index >= 15 is 0 Å². The van der Waals surface area contributed by atoms with E-state index in [0.717, 1.165) is 5.01 Å². The fourth-order valence-electron chi connectivity index (χ4n) is 2.45. The largest absolute Gasteiger partial charge is 0.342 e. The maximum absolute atomic E-state index is 12.9. The molecule has 0 saturated carbocycles. The highest BCUT2D eigenvalue weighted by molar-refractivity contribution is 7.09. The van der Waals surface area contributed by atoms with Crippen molar-refractivity contribution in [1.82, 2.24) is 15.2 Å². The molecule has 1 fully saturated rings. The number of hydrogen-bond donors (Lipinski definition) is 1. The number of carbonyl (C=O) groups is 2. The Labute approximate surface area is 123 Å². The van der Waals surface area contributed by atoms with Gasteiger partial charge in [-0.3, -0.25) is 9.59 Å². The molecule has 5 nitrogen and oxygen atoms in total. The highest BCUT2D eigenvalue weighted by Gasteiger charge is 2.45. The molecule has 0 bridgehead atoms. The number of amides is 2. The summed E-state index contributed by atoms with van der Waals surface area (Å²) in [7, 11) is 0. The number of nitrogens with zero attached hydrogens (tertiary/aromatic N) is 2. The fraction of sp³-hybridized carbons (Fsp3) is 0.643. The molecule has 0 aliphatic carbocycles. The van der Waals surface area contributed by atoms with Crippen molar-refractivity contribution in [2.45, 2.75) is 51.6 Å². The van der Waals surface area contributed by atoms with Crippen LogP contribution >= 0.6 is 11.3 Å². The van der Waals surface area contributed by atoms with Gasteiger partial charge in [0.25, 0.3) is 0 Å². The zero-order chi connectivity index (χ0) is 15.0. The Kier molecular flexibility index (Phi) is 3.86. The van der Waals surface area contributed by atoms with E-state index < -0.39 is 11.1 Å². The first kappa shape index (κ1) is 15.0. The molecule has 0 spiro atoms. The van der Waals surface area contributed by atoms with Crippen LogP contribution in [0, 0.1) is 0 Å². The normalized spacial score (nSPS) is 24.5. The van der Waals surface area contributed by atoms with E-state index in [2.05, 4.69) is 10.3 Å². The highest BCUT2D eigenvalue weighted by atomic mass is 32.1. The molecule has 0 aromatic carbocycles. The van der Waals surface area contributed by atoms with Crippen LogP contribution in [0.15, 0.2) is 11.6 Å². The molecule has 2 heterocycles. The van der Waals surface area contributed by atoms with Gasteiger partial charge in [-0.25, -0.2) is 4.98 Å². The van der Waals surface area contributed by atoms with Crippen LogP contribution in [-0.4, -0.2) is 33.8 Å². The van der Waals surface area contributed by atoms with Crippen molar-refractivity contribution in [1.29, 1.82) is 0 Å². The van der Waals surface area contributed by atoms with E-state index in [-0.39, 0.29) is 11.8 Å². The number of carbonyl (C=O) groups excluding carboxylic acids is 2. The molecule has 0 radical (unpaired) electrons. The lowest BCUT2D eigenvalue weighted by atomic mass is 9.94. The Bertz CT molecular complexity index is 512. The molecule has 2 rings (SSSR count). The zero-order valence-corrected chi connectivity index (χ0v) is 13.2. The number of rotatable bonds is 3. The van der Waals surface area contributed by atoms with Gasteiger partial charge in [0.2, 0.25) is 11.8 Å². The molecule has 1 aliphatic rings. The molecule has 1 atom stereocenters. The van der Waals surface area contributed by atoms with E-state index in [1.165, 1.54) is 11.3 Å². The van der Waals surface area contributed by atoms with E-state index in [1.807, 2.05) is 26.2 Å². The maximum atomic E-state index is 12.9. The molecule has 1 aromatic heterocycles. The topological polar surface area (TPSA) is 62.3 Å². The van der Waals surface area contributed by atoms with Gasteiger partial charge in [0.05, 0.1) is 5.54 Å². The van der Waals surface area contributed by atoms with Crippen molar-refractivity contribution in [3.63, 3.8) is 0 Å². The van der Waals surface area contributed by atoms with E-state index in [0.29, 0.717) is 19.4 Å². The average molecular weight is 295 g/mol. The van der Waals surface area contributed by atoms with E-state index in [9.17, 15) is 9.59 Å². The number of hydrogen-bond acceptors (Lipinski definition) is 4. The SMILES string of the molecule is CCC1(C)NC(=O)CCN(C(C)(C)c2nccs2)C1=O. The van der Waals surface area contributed by atoms with Gasteiger partial charge in [-0.2, -0.15) is 0 Å². The summed E-state index contributed by atoms with van der Waals surface area (Å²) in [6.07, 6.45) is 2.64. The second-order valence-corrected chi connectivity index (χ2v) is 6.73. The Morgan fingerprint density at radius 3 is 2.75 bits per heavy atom. The molecular weight excluding hydrogens is 274 g/mol. The van der Waals surface area contributed by atoms with Gasteiger partial charge in [-0.15, -0.1) is 11.3 Å². The molecule has 110 valence electrons. The minimum absolute atomic E-state index is 0.0361. The summed E-state index contributed by atoms with van der Waals surface area (Å²) in [5.74, 6) is -0.105. The zero-order valence-electron chi connectivity index (χ0n) is 12.4. The van der Waals surface area contributed by atoms with Crippen LogP contribution in [0.1, 0.15) is 45.5 Å². The lowest BCUT2D eigenvalue weighted by molar-refractivity contribution is -0.143. The summed E-state index contributed by atoms with van der Waals surface area (Å²) < 4.78 is 0. The van der Waals surface area contributed by atoms with Crippen molar-refractivity contribution in [3.05, 3.63) is 16.6 Å². The molecular formula is C14H21N3O2S. The summed E-state index contributed by atoms with van der Waals surface area (Å²) in [6.45, 7) is 8.10. The molecule has 1 aromatic rings. The Morgan fingerprint density at radius 2 is 2.20 bits per heavy atom. The Balaban J connectivity index is 2.39. The third-order valence-corrected chi connectivity index (χ3v) is 5.12. The van der Waals surface area contributed by atoms with E-state index in [1.54, 1.807) is 18.0 Å². The predicted molar refractivity (Wildman–Crippen MR) is 78.3 cm³/mol. The van der Waals surface area contributed by atoms with Gasteiger partial charge < -0.3 is 10.2 Å². The second-order valence-electron chi connectivity index (χ2n) is 5.84. The molecule has 1 unspecified atom stereocenters. The van der Waals surface area contributed by atoms with Crippen LogP contribution in [0.2, 0.25) is 0 Å². The quantitative estimate of drug-likeness (QED) is 0.926. The fourth-order valence-corrected chi connectivity index (χ4v) is 3.22. The number of nitrogens with one attached hydrogen (secondary N) is 1. The van der Waals surface area contributed by atoms with Crippen LogP contribution in [0.25, 0.3) is 0 Å². The van der Waals surface area contributed by atoms with Crippen LogP contribution < -0.4 is 5.32 Å². The van der Waals surface area contributed by atoms with Gasteiger partial charge in [0.1, 0.15) is 10.5 Å². The molecule has 1 saturated heterocycles.